The number of aliphatic hydroxyl groups excluding tert-OH is 1. The monoisotopic (exact) mass is 334 g/mol. The zero-order valence-corrected chi connectivity index (χ0v) is 13.7. The Labute approximate surface area is 139 Å². The molecule has 2 atom stereocenters. The maximum absolute atomic E-state index is 12.8. The number of hydrogen-bond acceptors (Lipinski definition) is 4. The number of rotatable bonds is 3. The van der Waals surface area contributed by atoms with Crippen molar-refractivity contribution in [1.82, 2.24) is 10.1 Å². The van der Waals surface area contributed by atoms with Gasteiger partial charge in [0.15, 0.2) is 0 Å². The largest absolute Gasteiger partial charge is 0.393 e. The van der Waals surface area contributed by atoms with Crippen molar-refractivity contribution in [2.75, 3.05) is 13.1 Å². The summed E-state index contributed by atoms with van der Waals surface area (Å²) >= 11 is 6.20. The number of aromatic nitrogens is 1. The molecule has 0 spiro atoms. The number of hydrogen-bond donors (Lipinski definition) is 1. The van der Waals surface area contributed by atoms with Gasteiger partial charge in [-0.25, -0.2) is 0 Å². The van der Waals surface area contributed by atoms with Crippen molar-refractivity contribution < 1.29 is 14.4 Å². The van der Waals surface area contributed by atoms with E-state index in [-0.39, 0.29) is 11.8 Å². The average Bonchev–Trinajstić information content (AvgIpc) is 3.04. The van der Waals surface area contributed by atoms with E-state index in [0.717, 1.165) is 12.8 Å². The molecule has 2 aromatic rings. The molecule has 0 saturated carbocycles. The SMILES string of the molecule is CC(O)C1CCCN(C(=O)c2conc2-c2ccccc2Cl)C1. The first-order chi connectivity index (χ1) is 11.1. The van der Waals surface area contributed by atoms with E-state index < -0.39 is 6.10 Å². The van der Waals surface area contributed by atoms with Gasteiger partial charge in [0.05, 0.1) is 11.1 Å². The lowest BCUT2D eigenvalue weighted by molar-refractivity contribution is 0.0466. The quantitative estimate of drug-likeness (QED) is 0.935. The second kappa shape index (κ2) is 6.72. The van der Waals surface area contributed by atoms with Gasteiger partial charge in [0.2, 0.25) is 0 Å². The average molecular weight is 335 g/mol. The van der Waals surface area contributed by atoms with Crippen LogP contribution in [0.15, 0.2) is 35.1 Å². The van der Waals surface area contributed by atoms with Crippen molar-refractivity contribution in [3.63, 3.8) is 0 Å². The van der Waals surface area contributed by atoms with E-state index in [4.69, 9.17) is 16.1 Å². The molecule has 1 fully saturated rings. The number of amides is 1. The summed E-state index contributed by atoms with van der Waals surface area (Å²) < 4.78 is 5.04. The van der Waals surface area contributed by atoms with Crippen molar-refractivity contribution >= 4 is 17.5 Å². The number of halogens is 1. The molecule has 5 nitrogen and oxygen atoms in total. The number of likely N-dealkylation sites (tertiary alicyclic amines) is 1. The number of carbonyl (C=O) groups excluding carboxylic acids is 1. The Morgan fingerprint density at radius 2 is 2.26 bits per heavy atom. The molecule has 2 heterocycles. The minimum absolute atomic E-state index is 0.108. The summed E-state index contributed by atoms with van der Waals surface area (Å²) in [6.07, 6.45) is 2.76. The van der Waals surface area contributed by atoms with Crippen LogP contribution in [0, 0.1) is 5.92 Å². The summed E-state index contributed by atoms with van der Waals surface area (Å²) in [7, 11) is 0. The van der Waals surface area contributed by atoms with E-state index in [2.05, 4.69) is 5.16 Å². The highest BCUT2D eigenvalue weighted by Crippen LogP contribution is 2.30. The molecule has 2 unspecified atom stereocenters. The molecule has 1 aromatic carbocycles. The second-order valence-corrected chi connectivity index (χ2v) is 6.36. The number of benzene rings is 1. The second-order valence-electron chi connectivity index (χ2n) is 5.95. The third-order valence-electron chi connectivity index (χ3n) is 4.36. The Morgan fingerprint density at radius 3 is 3.00 bits per heavy atom. The standard InChI is InChI=1S/C17H19ClN2O3/c1-11(21)12-5-4-8-20(9-12)17(22)14-10-23-19-16(14)13-6-2-3-7-15(13)18/h2-3,6-7,10-12,21H,4-5,8-9H2,1H3. The maximum Gasteiger partial charge on any atom is 0.259 e. The Kier molecular flexibility index (Phi) is 4.68. The molecule has 0 radical (unpaired) electrons. The van der Waals surface area contributed by atoms with Gasteiger partial charge in [-0.3, -0.25) is 4.79 Å². The zero-order chi connectivity index (χ0) is 16.4. The van der Waals surface area contributed by atoms with Crippen molar-refractivity contribution in [1.29, 1.82) is 0 Å². The fourth-order valence-corrected chi connectivity index (χ4v) is 3.22. The molecular weight excluding hydrogens is 316 g/mol. The normalized spacial score (nSPS) is 19.6. The minimum atomic E-state index is -0.420. The Morgan fingerprint density at radius 1 is 1.48 bits per heavy atom. The summed E-state index contributed by atoms with van der Waals surface area (Å²) in [6, 6.07) is 7.23. The number of nitrogens with zero attached hydrogens (tertiary/aromatic N) is 2. The molecule has 1 aliphatic heterocycles. The molecule has 1 N–H and O–H groups in total. The topological polar surface area (TPSA) is 66.6 Å². The molecule has 6 heteroatoms. The Balaban J connectivity index is 1.87. The molecule has 0 aliphatic carbocycles. The predicted molar refractivity (Wildman–Crippen MR) is 87.3 cm³/mol. The molecule has 1 aromatic heterocycles. The van der Waals surface area contributed by atoms with Crippen LogP contribution in [0.3, 0.4) is 0 Å². The van der Waals surface area contributed by atoms with E-state index in [1.807, 2.05) is 18.2 Å². The first-order valence-corrected chi connectivity index (χ1v) is 8.12. The molecular formula is C17H19ClN2O3. The van der Waals surface area contributed by atoms with Crippen molar-refractivity contribution in [3.8, 4) is 11.3 Å². The van der Waals surface area contributed by atoms with Gasteiger partial charge in [-0.05, 0) is 25.8 Å². The Hall–Kier alpha value is -1.85. The molecule has 1 saturated heterocycles. The van der Waals surface area contributed by atoms with E-state index in [9.17, 15) is 9.90 Å². The summed E-state index contributed by atoms with van der Waals surface area (Å²) in [5.41, 5.74) is 1.54. The fourth-order valence-electron chi connectivity index (χ4n) is 2.99. The van der Waals surface area contributed by atoms with Crippen LogP contribution in [0.2, 0.25) is 5.02 Å². The molecule has 122 valence electrons. The minimum Gasteiger partial charge on any atom is -0.393 e. The summed E-state index contributed by atoms with van der Waals surface area (Å²) in [4.78, 5) is 14.6. The third kappa shape index (κ3) is 3.26. The van der Waals surface area contributed by atoms with Crippen LogP contribution in [0.25, 0.3) is 11.3 Å². The molecule has 1 aliphatic rings. The molecule has 23 heavy (non-hydrogen) atoms. The highest BCUT2D eigenvalue weighted by Gasteiger charge is 2.30. The smallest absolute Gasteiger partial charge is 0.259 e. The van der Waals surface area contributed by atoms with Crippen LogP contribution in [0.4, 0.5) is 0 Å². The van der Waals surface area contributed by atoms with Gasteiger partial charge in [0, 0.05) is 24.6 Å². The highest BCUT2D eigenvalue weighted by atomic mass is 35.5. The lowest BCUT2D eigenvalue weighted by Crippen LogP contribution is -2.43. The summed E-state index contributed by atoms with van der Waals surface area (Å²) in [5.74, 6) is -0.0251. The van der Waals surface area contributed by atoms with Gasteiger partial charge in [-0.2, -0.15) is 0 Å². The first-order valence-electron chi connectivity index (χ1n) is 7.74. The van der Waals surface area contributed by atoms with Gasteiger partial charge in [-0.15, -0.1) is 0 Å². The lowest BCUT2D eigenvalue weighted by atomic mass is 9.93. The molecule has 1 amide bonds. The summed E-state index contributed by atoms with van der Waals surface area (Å²) in [5, 5.41) is 14.3. The van der Waals surface area contributed by atoms with E-state index >= 15 is 0 Å². The van der Waals surface area contributed by atoms with Crippen LogP contribution < -0.4 is 0 Å². The van der Waals surface area contributed by atoms with Gasteiger partial charge in [0.25, 0.3) is 5.91 Å². The van der Waals surface area contributed by atoms with Gasteiger partial charge < -0.3 is 14.5 Å². The zero-order valence-electron chi connectivity index (χ0n) is 12.9. The van der Waals surface area contributed by atoms with Crippen LogP contribution in [-0.4, -0.2) is 40.3 Å². The van der Waals surface area contributed by atoms with E-state index in [1.165, 1.54) is 6.26 Å². The first kappa shape index (κ1) is 16.0. The molecule has 0 bridgehead atoms. The summed E-state index contributed by atoms with van der Waals surface area (Å²) in [6.45, 7) is 2.99. The van der Waals surface area contributed by atoms with E-state index in [1.54, 1.807) is 17.9 Å². The molecule has 3 rings (SSSR count). The lowest BCUT2D eigenvalue weighted by Gasteiger charge is -2.34. The number of aliphatic hydroxyl groups is 1. The maximum atomic E-state index is 12.8. The van der Waals surface area contributed by atoms with Crippen molar-refractivity contribution in [2.24, 2.45) is 5.92 Å². The van der Waals surface area contributed by atoms with Gasteiger partial charge in [0.1, 0.15) is 17.5 Å². The van der Waals surface area contributed by atoms with Crippen molar-refractivity contribution in [2.45, 2.75) is 25.9 Å². The van der Waals surface area contributed by atoms with E-state index in [0.29, 0.717) is 34.9 Å². The highest BCUT2D eigenvalue weighted by molar-refractivity contribution is 6.33. The van der Waals surface area contributed by atoms with Crippen LogP contribution in [-0.2, 0) is 0 Å². The van der Waals surface area contributed by atoms with Gasteiger partial charge in [-0.1, -0.05) is 35.0 Å². The van der Waals surface area contributed by atoms with Crippen molar-refractivity contribution in [3.05, 3.63) is 41.1 Å². The third-order valence-corrected chi connectivity index (χ3v) is 4.69. The fraction of sp³-hybridized carbons (Fsp3) is 0.412. The van der Waals surface area contributed by atoms with Crippen LogP contribution in [0.5, 0.6) is 0 Å². The number of carbonyl (C=O) groups is 1. The van der Waals surface area contributed by atoms with Gasteiger partial charge >= 0.3 is 0 Å². The van der Waals surface area contributed by atoms with Crippen LogP contribution in [0.1, 0.15) is 30.1 Å². The predicted octanol–water partition coefficient (Wildman–Crippen LogP) is 3.23. The number of piperidine rings is 1. The Bertz CT molecular complexity index is 699. The van der Waals surface area contributed by atoms with Crippen LogP contribution >= 0.6 is 11.6 Å².